The third kappa shape index (κ3) is 2.99. The maximum Gasteiger partial charge on any atom is 0.152 e. The van der Waals surface area contributed by atoms with Crippen LogP contribution < -0.4 is 0 Å². The lowest BCUT2D eigenvalue weighted by Crippen LogP contribution is -2.36. The molecular weight excluding hydrogens is 284 g/mol. The fraction of sp³-hybridized carbons (Fsp3) is 0.471. The van der Waals surface area contributed by atoms with Gasteiger partial charge in [-0.2, -0.15) is 0 Å². The number of likely N-dealkylation sites (tertiary alicyclic amines) is 1. The molecule has 3 nitrogen and oxygen atoms in total. The largest absolute Gasteiger partial charge is 0.347 e. The van der Waals surface area contributed by atoms with Crippen LogP contribution in [0.1, 0.15) is 36.0 Å². The highest BCUT2D eigenvalue weighted by molar-refractivity contribution is 6.31. The summed E-state index contributed by atoms with van der Waals surface area (Å²) in [5.41, 5.74) is 1.81. The molecule has 1 fully saturated rings. The number of aryl methyl sites for hydroxylation is 1. The summed E-state index contributed by atoms with van der Waals surface area (Å²) in [7, 11) is 2.21. The van der Waals surface area contributed by atoms with Gasteiger partial charge in [-0.1, -0.05) is 24.1 Å². The number of carbonyl (C=O) groups is 1. The summed E-state index contributed by atoms with van der Waals surface area (Å²) < 4.78 is 2.17. The monoisotopic (exact) mass is 304 g/mol. The van der Waals surface area contributed by atoms with Gasteiger partial charge in [0.15, 0.2) is 6.29 Å². The molecule has 1 aliphatic heterocycles. The van der Waals surface area contributed by atoms with E-state index in [0.717, 1.165) is 35.7 Å². The molecule has 1 unspecified atom stereocenters. The molecule has 2 aromatic rings. The molecule has 1 saturated heterocycles. The van der Waals surface area contributed by atoms with E-state index in [1.807, 2.05) is 24.4 Å². The molecule has 1 aromatic heterocycles. The lowest BCUT2D eigenvalue weighted by Gasteiger charge is -2.32. The first-order valence-electron chi connectivity index (χ1n) is 7.63. The molecular formula is C17H21ClN2O. The minimum absolute atomic E-state index is 0.648. The van der Waals surface area contributed by atoms with Gasteiger partial charge in [0.05, 0.1) is 5.52 Å². The van der Waals surface area contributed by atoms with Gasteiger partial charge in [-0.05, 0) is 45.0 Å². The van der Waals surface area contributed by atoms with Gasteiger partial charge in [0, 0.05) is 34.8 Å². The molecule has 4 heteroatoms. The van der Waals surface area contributed by atoms with Crippen LogP contribution >= 0.6 is 11.6 Å². The summed E-state index contributed by atoms with van der Waals surface area (Å²) in [6.45, 7) is 2.13. The third-order valence-corrected chi connectivity index (χ3v) is 4.86. The number of benzene rings is 1. The normalized spacial score (nSPS) is 20.0. The first-order chi connectivity index (χ1) is 10.2. The number of rotatable bonds is 4. The summed E-state index contributed by atoms with van der Waals surface area (Å²) in [4.78, 5) is 13.7. The van der Waals surface area contributed by atoms with Gasteiger partial charge in [-0.25, -0.2) is 0 Å². The van der Waals surface area contributed by atoms with Crippen molar-refractivity contribution in [3.63, 3.8) is 0 Å². The molecule has 1 atom stereocenters. The van der Waals surface area contributed by atoms with Crippen LogP contribution in [0.5, 0.6) is 0 Å². The molecule has 1 aliphatic rings. The number of hydrogen-bond donors (Lipinski definition) is 0. The Labute approximate surface area is 130 Å². The van der Waals surface area contributed by atoms with Crippen molar-refractivity contribution in [2.45, 2.75) is 38.3 Å². The molecule has 0 N–H and O–H groups in total. The van der Waals surface area contributed by atoms with Gasteiger partial charge >= 0.3 is 0 Å². The van der Waals surface area contributed by atoms with Crippen LogP contribution in [0, 0.1) is 0 Å². The fourth-order valence-corrected chi connectivity index (χ4v) is 3.54. The predicted molar refractivity (Wildman–Crippen MR) is 87.2 cm³/mol. The van der Waals surface area contributed by atoms with Crippen molar-refractivity contribution < 1.29 is 4.79 Å². The molecule has 112 valence electrons. The van der Waals surface area contributed by atoms with Gasteiger partial charge in [-0.15, -0.1) is 0 Å². The van der Waals surface area contributed by atoms with Crippen LogP contribution in [0.4, 0.5) is 0 Å². The van der Waals surface area contributed by atoms with Crippen molar-refractivity contribution in [3.05, 3.63) is 35.0 Å². The Hall–Kier alpha value is -1.32. The molecule has 0 spiro atoms. The average molecular weight is 305 g/mol. The number of carbonyl (C=O) groups excluding carboxylic acids is 1. The molecule has 1 aromatic carbocycles. The number of aromatic nitrogens is 1. The Morgan fingerprint density at radius 2 is 2.24 bits per heavy atom. The minimum Gasteiger partial charge on any atom is -0.347 e. The van der Waals surface area contributed by atoms with Crippen LogP contribution in [0.3, 0.4) is 0 Å². The summed E-state index contributed by atoms with van der Waals surface area (Å²) in [6.07, 6.45) is 7.91. The molecule has 0 aliphatic carbocycles. The Kier molecular flexibility index (Phi) is 4.32. The van der Waals surface area contributed by atoms with E-state index in [4.69, 9.17) is 11.6 Å². The molecule has 0 bridgehead atoms. The van der Waals surface area contributed by atoms with Crippen LogP contribution in [0.2, 0.25) is 5.02 Å². The van der Waals surface area contributed by atoms with Crippen molar-refractivity contribution in [2.24, 2.45) is 0 Å². The highest BCUT2D eigenvalue weighted by Gasteiger charge is 2.19. The third-order valence-electron chi connectivity index (χ3n) is 4.63. The van der Waals surface area contributed by atoms with E-state index < -0.39 is 0 Å². The van der Waals surface area contributed by atoms with Crippen LogP contribution in [0.25, 0.3) is 10.9 Å². The Balaban J connectivity index is 1.83. The van der Waals surface area contributed by atoms with E-state index in [9.17, 15) is 4.79 Å². The van der Waals surface area contributed by atoms with E-state index in [-0.39, 0.29) is 0 Å². The summed E-state index contributed by atoms with van der Waals surface area (Å²) in [5, 5.41) is 1.71. The smallest absolute Gasteiger partial charge is 0.152 e. The van der Waals surface area contributed by atoms with Gasteiger partial charge in [-0.3, -0.25) is 4.79 Å². The van der Waals surface area contributed by atoms with Gasteiger partial charge in [0.1, 0.15) is 0 Å². The number of piperidine rings is 1. The molecule has 0 saturated carbocycles. The molecule has 3 rings (SSSR count). The highest BCUT2D eigenvalue weighted by atomic mass is 35.5. The maximum absolute atomic E-state index is 11.2. The van der Waals surface area contributed by atoms with E-state index in [0.29, 0.717) is 11.1 Å². The van der Waals surface area contributed by atoms with Crippen LogP contribution in [-0.2, 0) is 6.54 Å². The van der Waals surface area contributed by atoms with E-state index in [1.54, 1.807) is 0 Å². The lowest BCUT2D eigenvalue weighted by molar-refractivity contribution is 0.112. The first kappa shape index (κ1) is 14.6. The quantitative estimate of drug-likeness (QED) is 0.798. The Morgan fingerprint density at radius 1 is 1.38 bits per heavy atom. The summed E-state index contributed by atoms with van der Waals surface area (Å²) >= 11 is 6.11. The molecule has 0 radical (unpaired) electrons. The van der Waals surface area contributed by atoms with E-state index >= 15 is 0 Å². The SMILES string of the molecule is CN1CCCCC1CCn1cc(C=O)c2ccc(Cl)cc21. The van der Waals surface area contributed by atoms with Crippen LogP contribution in [-0.4, -0.2) is 35.4 Å². The Morgan fingerprint density at radius 3 is 3.00 bits per heavy atom. The number of aldehydes is 1. The maximum atomic E-state index is 11.2. The topological polar surface area (TPSA) is 25.2 Å². The Bertz CT molecular complexity index is 650. The lowest BCUT2D eigenvalue weighted by atomic mass is 10.0. The van der Waals surface area contributed by atoms with Gasteiger partial charge in [0.2, 0.25) is 0 Å². The predicted octanol–water partition coefficient (Wildman–Crippen LogP) is 3.98. The summed E-state index contributed by atoms with van der Waals surface area (Å²) in [6, 6.07) is 6.38. The van der Waals surface area contributed by atoms with Crippen molar-refractivity contribution in [3.8, 4) is 0 Å². The highest BCUT2D eigenvalue weighted by Crippen LogP contribution is 2.25. The van der Waals surface area contributed by atoms with Crippen molar-refractivity contribution in [1.82, 2.24) is 9.47 Å². The fourth-order valence-electron chi connectivity index (χ4n) is 3.37. The standard InChI is InChI=1S/C17H21ClN2O/c1-19-8-3-2-4-15(19)7-9-20-11-13(12-21)16-6-5-14(18)10-17(16)20/h5-6,10-12,15H,2-4,7-9H2,1H3. The first-order valence-corrected chi connectivity index (χ1v) is 8.00. The second-order valence-electron chi connectivity index (χ2n) is 5.98. The van der Waals surface area contributed by atoms with E-state index in [2.05, 4.69) is 16.5 Å². The summed E-state index contributed by atoms with van der Waals surface area (Å²) in [5.74, 6) is 0. The zero-order valence-electron chi connectivity index (χ0n) is 12.4. The van der Waals surface area contributed by atoms with Crippen molar-refractivity contribution in [1.29, 1.82) is 0 Å². The van der Waals surface area contributed by atoms with E-state index in [1.165, 1.54) is 25.8 Å². The number of hydrogen-bond acceptors (Lipinski definition) is 2. The zero-order valence-corrected chi connectivity index (χ0v) is 13.1. The number of fused-ring (bicyclic) bond motifs is 1. The number of halogens is 1. The molecule has 21 heavy (non-hydrogen) atoms. The van der Waals surface area contributed by atoms with Crippen molar-refractivity contribution >= 4 is 28.8 Å². The number of nitrogens with zero attached hydrogens (tertiary/aromatic N) is 2. The molecule has 2 heterocycles. The zero-order chi connectivity index (χ0) is 14.8. The minimum atomic E-state index is 0.648. The van der Waals surface area contributed by atoms with Gasteiger partial charge in [0.25, 0.3) is 0 Å². The second kappa shape index (κ2) is 6.20. The van der Waals surface area contributed by atoms with Crippen LogP contribution in [0.15, 0.2) is 24.4 Å². The second-order valence-corrected chi connectivity index (χ2v) is 6.41. The average Bonchev–Trinajstić information content (AvgIpc) is 2.83. The van der Waals surface area contributed by atoms with Crippen molar-refractivity contribution in [2.75, 3.05) is 13.6 Å². The van der Waals surface area contributed by atoms with Gasteiger partial charge < -0.3 is 9.47 Å². The molecule has 0 amide bonds.